The average Bonchev–Trinajstić information content (AvgIpc) is 1.88. The summed E-state index contributed by atoms with van der Waals surface area (Å²) < 4.78 is 0. The molecular weight excluding hydrogens is 129 g/mol. The fourth-order valence-electron chi connectivity index (χ4n) is 0.682. The zero-order valence-electron chi connectivity index (χ0n) is 5.68. The molecule has 1 heterocycles. The van der Waals surface area contributed by atoms with E-state index in [1.165, 1.54) is 5.44 Å². The van der Waals surface area contributed by atoms with Gasteiger partial charge >= 0.3 is 0 Å². The topological polar surface area (TPSA) is 12.9 Å². The van der Waals surface area contributed by atoms with Crippen LogP contribution in [0.1, 0.15) is 5.69 Å². The van der Waals surface area contributed by atoms with E-state index < -0.39 is 0 Å². The Morgan fingerprint density at radius 2 is 2.22 bits per heavy atom. The lowest BCUT2D eigenvalue weighted by Crippen LogP contribution is -1.99. The van der Waals surface area contributed by atoms with E-state index in [9.17, 15) is 0 Å². The van der Waals surface area contributed by atoms with Crippen LogP contribution in [0.15, 0.2) is 18.2 Å². The summed E-state index contributed by atoms with van der Waals surface area (Å²) in [4.78, 5) is 4.30. The Kier molecular flexibility index (Phi) is 2.18. The lowest BCUT2D eigenvalue weighted by atomic mass is 10.4. The van der Waals surface area contributed by atoms with E-state index in [1.54, 1.807) is 0 Å². The molecule has 0 aliphatic rings. The predicted octanol–water partition coefficient (Wildman–Crippen LogP) is 1.32. The maximum Gasteiger partial charge on any atom is 0.0600 e. The van der Waals surface area contributed by atoms with E-state index in [4.69, 9.17) is 0 Å². The first kappa shape index (κ1) is 6.70. The third kappa shape index (κ3) is 1.76. The van der Waals surface area contributed by atoms with Gasteiger partial charge in [0.2, 0.25) is 0 Å². The largest absolute Gasteiger partial charge is 0.254 e. The molecule has 1 aromatic rings. The number of rotatable bonds is 1. The van der Waals surface area contributed by atoms with Crippen LogP contribution in [0.2, 0.25) is 0 Å². The second kappa shape index (κ2) is 2.93. The fourth-order valence-corrected chi connectivity index (χ4v) is 1.23. The number of aryl methyl sites for hydroxylation is 1. The molecule has 1 nitrogen and oxygen atoms in total. The maximum absolute atomic E-state index is 4.30. The molecule has 9 heavy (non-hydrogen) atoms. The van der Waals surface area contributed by atoms with E-state index in [-0.39, 0.29) is 0 Å². The van der Waals surface area contributed by atoms with Crippen LogP contribution in [0.25, 0.3) is 0 Å². The van der Waals surface area contributed by atoms with E-state index in [0.29, 0.717) is 0 Å². The summed E-state index contributed by atoms with van der Waals surface area (Å²) in [7, 11) is 0.815. The lowest BCUT2D eigenvalue weighted by molar-refractivity contribution is 1.24. The summed E-state index contributed by atoms with van der Waals surface area (Å²) in [6, 6.07) is 6.13. The molecule has 1 aromatic heterocycles. The highest BCUT2D eigenvalue weighted by Gasteiger charge is 1.87. The molecule has 48 valence electrons. The Morgan fingerprint density at radius 3 is 2.67 bits per heavy atom. The highest BCUT2D eigenvalue weighted by atomic mass is 31.1. The predicted molar refractivity (Wildman–Crippen MR) is 42.8 cm³/mol. The van der Waals surface area contributed by atoms with Gasteiger partial charge in [0.05, 0.1) is 5.44 Å². The van der Waals surface area contributed by atoms with Crippen LogP contribution in [-0.4, -0.2) is 11.6 Å². The van der Waals surface area contributed by atoms with Crippen molar-refractivity contribution in [2.24, 2.45) is 0 Å². The summed E-state index contributed by atoms with van der Waals surface area (Å²) >= 11 is 0. The highest BCUT2D eigenvalue weighted by molar-refractivity contribution is 7.45. The molecule has 0 spiro atoms. The first-order chi connectivity index (χ1) is 4.33. The smallest absolute Gasteiger partial charge is 0.0600 e. The van der Waals surface area contributed by atoms with Gasteiger partial charge in [-0.15, -0.1) is 0 Å². The van der Waals surface area contributed by atoms with Crippen molar-refractivity contribution in [3.05, 3.63) is 23.9 Å². The second-order valence-electron chi connectivity index (χ2n) is 1.91. The lowest BCUT2D eigenvalue weighted by Gasteiger charge is -1.94. The minimum atomic E-state index is 0.815. The third-order valence-electron chi connectivity index (χ3n) is 1.14. The second-order valence-corrected chi connectivity index (χ2v) is 2.93. The summed E-state index contributed by atoms with van der Waals surface area (Å²) in [5.41, 5.74) is 2.32. The van der Waals surface area contributed by atoms with Crippen LogP contribution < -0.4 is 5.44 Å². The van der Waals surface area contributed by atoms with Gasteiger partial charge in [0.25, 0.3) is 0 Å². The molecule has 0 bridgehead atoms. The van der Waals surface area contributed by atoms with Gasteiger partial charge in [0, 0.05) is 5.69 Å². The van der Waals surface area contributed by atoms with E-state index in [2.05, 4.69) is 17.7 Å². The minimum Gasteiger partial charge on any atom is -0.254 e. The molecule has 0 saturated heterocycles. The normalized spacial score (nSPS) is 10.9. The number of hydrogen-bond donors (Lipinski definition) is 0. The van der Waals surface area contributed by atoms with E-state index in [0.717, 1.165) is 14.3 Å². The van der Waals surface area contributed by atoms with Crippen LogP contribution in [0.4, 0.5) is 0 Å². The van der Waals surface area contributed by atoms with Crippen molar-refractivity contribution >= 4 is 14.0 Å². The standard InChI is InChI=1S/C7H10NP/c1-6-4-3-5-7(8-6)9-2/h3-5,9H,1-2H3. The molecule has 0 aliphatic carbocycles. The molecule has 0 amide bonds. The zero-order valence-corrected chi connectivity index (χ0v) is 6.68. The van der Waals surface area contributed by atoms with Gasteiger partial charge in [-0.05, 0) is 25.7 Å². The van der Waals surface area contributed by atoms with Crippen LogP contribution in [-0.2, 0) is 0 Å². The van der Waals surface area contributed by atoms with E-state index in [1.807, 2.05) is 19.1 Å². The molecule has 0 radical (unpaired) electrons. The summed E-state index contributed by atoms with van der Waals surface area (Å²) in [5.74, 6) is 0. The molecule has 0 fully saturated rings. The third-order valence-corrected chi connectivity index (χ3v) is 1.94. The number of pyridine rings is 1. The van der Waals surface area contributed by atoms with Gasteiger partial charge in [-0.1, -0.05) is 14.6 Å². The van der Waals surface area contributed by atoms with Crippen molar-refractivity contribution in [1.82, 2.24) is 4.98 Å². The minimum absolute atomic E-state index is 0.815. The Morgan fingerprint density at radius 1 is 1.44 bits per heavy atom. The van der Waals surface area contributed by atoms with Crippen LogP contribution >= 0.6 is 8.58 Å². The Hall–Kier alpha value is -0.420. The van der Waals surface area contributed by atoms with E-state index >= 15 is 0 Å². The van der Waals surface area contributed by atoms with Crippen molar-refractivity contribution in [2.75, 3.05) is 6.66 Å². The summed E-state index contributed by atoms with van der Waals surface area (Å²) in [6.07, 6.45) is 0. The number of aromatic nitrogens is 1. The molecule has 0 aromatic carbocycles. The van der Waals surface area contributed by atoms with Crippen molar-refractivity contribution in [3.63, 3.8) is 0 Å². The van der Waals surface area contributed by atoms with Crippen molar-refractivity contribution in [1.29, 1.82) is 0 Å². The van der Waals surface area contributed by atoms with Gasteiger partial charge in [-0.3, -0.25) is 4.98 Å². The van der Waals surface area contributed by atoms with Crippen molar-refractivity contribution < 1.29 is 0 Å². The molecule has 0 N–H and O–H groups in total. The Labute approximate surface area is 57.3 Å². The van der Waals surface area contributed by atoms with Crippen LogP contribution in [0, 0.1) is 6.92 Å². The maximum atomic E-state index is 4.30. The highest BCUT2D eigenvalue weighted by Crippen LogP contribution is 2.00. The molecule has 2 heteroatoms. The first-order valence-electron chi connectivity index (χ1n) is 2.94. The average molecular weight is 139 g/mol. The molecular formula is C7H10NP. The van der Waals surface area contributed by atoms with Crippen LogP contribution in [0.3, 0.4) is 0 Å². The van der Waals surface area contributed by atoms with Crippen molar-refractivity contribution in [2.45, 2.75) is 6.92 Å². The molecule has 1 rings (SSSR count). The number of hydrogen-bond acceptors (Lipinski definition) is 1. The SMILES string of the molecule is CPc1cccc(C)n1. The Balaban J connectivity index is 2.94. The van der Waals surface area contributed by atoms with Gasteiger partial charge in [0.1, 0.15) is 0 Å². The summed E-state index contributed by atoms with van der Waals surface area (Å²) in [5, 5.41) is 0. The first-order valence-corrected chi connectivity index (χ1v) is 4.44. The summed E-state index contributed by atoms with van der Waals surface area (Å²) in [6.45, 7) is 4.16. The van der Waals surface area contributed by atoms with Gasteiger partial charge < -0.3 is 0 Å². The fraction of sp³-hybridized carbons (Fsp3) is 0.286. The molecule has 1 unspecified atom stereocenters. The van der Waals surface area contributed by atoms with Gasteiger partial charge in [0.15, 0.2) is 0 Å². The van der Waals surface area contributed by atoms with Crippen molar-refractivity contribution in [3.8, 4) is 0 Å². The number of nitrogens with zero attached hydrogens (tertiary/aromatic N) is 1. The Bertz CT molecular complexity index is 198. The zero-order chi connectivity index (χ0) is 6.69. The molecule has 0 saturated carbocycles. The monoisotopic (exact) mass is 139 g/mol. The van der Waals surface area contributed by atoms with Gasteiger partial charge in [-0.2, -0.15) is 0 Å². The molecule has 0 aliphatic heterocycles. The molecule has 1 atom stereocenters. The van der Waals surface area contributed by atoms with Gasteiger partial charge in [-0.25, -0.2) is 0 Å². The quantitative estimate of drug-likeness (QED) is 0.535. The van der Waals surface area contributed by atoms with Crippen LogP contribution in [0.5, 0.6) is 0 Å².